The fourth-order valence-corrected chi connectivity index (χ4v) is 9.74. The Morgan fingerprint density at radius 1 is 1.00 bits per heavy atom. The maximum Gasteiger partial charge on any atom is 0.331 e. The molecule has 14 atom stereocenters. The first-order valence-electron chi connectivity index (χ1n) is 14.6. The van der Waals surface area contributed by atoms with Crippen molar-refractivity contribution in [3.8, 4) is 0 Å². The Morgan fingerprint density at radius 3 is 2.42 bits per heavy atom. The van der Waals surface area contributed by atoms with Crippen molar-refractivity contribution in [1.29, 1.82) is 0 Å². The molecule has 6 aliphatic rings. The minimum atomic E-state index is -1.47. The van der Waals surface area contributed by atoms with Crippen molar-refractivity contribution in [2.75, 3.05) is 6.61 Å². The van der Waals surface area contributed by atoms with Crippen molar-refractivity contribution in [1.82, 2.24) is 0 Å². The predicted octanol–water partition coefficient (Wildman–Crippen LogP) is -0.279. The zero-order valence-corrected chi connectivity index (χ0v) is 23.0. The van der Waals surface area contributed by atoms with Gasteiger partial charge in [-0.25, -0.2) is 4.79 Å². The van der Waals surface area contributed by atoms with Gasteiger partial charge >= 0.3 is 5.97 Å². The molecule has 6 rings (SSSR count). The maximum atomic E-state index is 13.0. The van der Waals surface area contributed by atoms with Crippen LogP contribution in [0.3, 0.4) is 0 Å². The highest BCUT2D eigenvalue weighted by molar-refractivity contribution is 5.85. The summed E-state index contributed by atoms with van der Waals surface area (Å²) in [5.41, 5.74) is -4.09. The summed E-state index contributed by atoms with van der Waals surface area (Å²) >= 11 is 0. The highest BCUT2D eigenvalue weighted by Gasteiger charge is 2.74. The summed E-state index contributed by atoms with van der Waals surface area (Å²) in [4.78, 5) is 24.8. The average Bonchev–Trinajstić information content (AvgIpc) is 3.46. The van der Waals surface area contributed by atoms with Crippen LogP contribution in [0.1, 0.15) is 65.2 Å². The van der Waals surface area contributed by atoms with E-state index in [2.05, 4.69) is 0 Å². The van der Waals surface area contributed by atoms with Gasteiger partial charge in [0.2, 0.25) is 0 Å². The lowest BCUT2D eigenvalue weighted by atomic mass is 9.41. The summed E-state index contributed by atoms with van der Waals surface area (Å²) in [7, 11) is 0. The summed E-state index contributed by atoms with van der Waals surface area (Å²) in [5.74, 6) is -1.42. The molecule has 0 aromatic heterocycles. The second-order valence-corrected chi connectivity index (χ2v) is 13.5. The van der Waals surface area contributed by atoms with Crippen LogP contribution in [0.4, 0.5) is 0 Å². The van der Waals surface area contributed by atoms with E-state index in [1.54, 1.807) is 6.92 Å². The van der Waals surface area contributed by atoms with Gasteiger partial charge in [-0.15, -0.1) is 0 Å². The quantitative estimate of drug-likeness (QED) is 0.149. The Labute approximate surface area is 233 Å². The number of aldehydes is 1. The molecule has 5 fully saturated rings. The zero-order chi connectivity index (χ0) is 28.8. The molecular formula is C29H42O11. The van der Waals surface area contributed by atoms with Crippen LogP contribution in [0.2, 0.25) is 0 Å². The molecule has 0 radical (unpaired) electrons. The Balaban J connectivity index is 1.25. The fraction of sp³-hybridized carbons (Fsp3) is 0.862. The average molecular weight is 567 g/mol. The number of aliphatic hydroxyl groups excluding tert-OH is 4. The van der Waals surface area contributed by atoms with Gasteiger partial charge in [0.1, 0.15) is 31.2 Å². The van der Waals surface area contributed by atoms with E-state index in [1.165, 1.54) is 6.08 Å². The molecule has 11 heteroatoms. The highest BCUT2D eigenvalue weighted by Crippen LogP contribution is 2.70. The van der Waals surface area contributed by atoms with Gasteiger partial charge in [0, 0.05) is 17.9 Å². The standard InChI is InChI=1S/C29H42O11/c1-14-22(33)23(34)24(35)25(39-14)40-16-3-6-27(13-30)19-10-20(31)26(2)17(15-9-21(32)38-12-15)5-8-29(26,37)18(19)4-7-28(27,36)11-16/h9,13-14,16-20,22-25,31,33-37H,3-8,10-12H2,1-2H3/t14-,16?,17-,18?,19?,20-,22-,23-,24-,25+,26+,27+,28+,29+/m1/s1. The van der Waals surface area contributed by atoms with E-state index in [0.717, 1.165) is 11.9 Å². The van der Waals surface area contributed by atoms with E-state index in [0.29, 0.717) is 25.7 Å². The lowest BCUT2D eigenvalue weighted by Crippen LogP contribution is -2.71. The van der Waals surface area contributed by atoms with Crippen molar-refractivity contribution in [2.24, 2.45) is 28.6 Å². The lowest BCUT2D eigenvalue weighted by molar-refractivity contribution is -0.319. The molecule has 6 N–H and O–H groups in total. The van der Waals surface area contributed by atoms with Gasteiger partial charge in [0.05, 0.1) is 34.9 Å². The number of esters is 1. The first-order chi connectivity index (χ1) is 18.8. The molecule has 1 saturated heterocycles. The van der Waals surface area contributed by atoms with Crippen molar-refractivity contribution in [3.63, 3.8) is 0 Å². The number of fused-ring (bicyclic) bond motifs is 5. The van der Waals surface area contributed by atoms with Gasteiger partial charge in [-0.1, -0.05) is 6.92 Å². The van der Waals surface area contributed by atoms with E-state index in [-0.39, 0.29) is 44.1 Å². The number of carbonyl (C=O) groups is 2. The van der Waals surface area contributed by atoms with Crippen LogP contribution < -0.4 is 0 Å². The minimum Gasteiger partial charge on any atom is -0.458 e. The van der Waals surface area contributed by atoms with Gasteiger partial charge in [0.15, 0.2) is 6.29 Å². The van der Waals surface area contributed by atoms with E-state index in [1.807, 2.05) is 6.92 Å². The van der Waals surface area contributed by atoms with Gasteiger partial charge < -0.3 is 49.6 Å². The Kier molecular flexibility index (Phi) is 6.83. The number of carbonyl (C=O) groups excluding carboxylic acids is 2. The minimum absolute atomic E-state index is 0.0926. The summed E-state index contributed by atoms with van der Waals surface area (Å²) < 4.78 is 16.8. The van der Waals surface area contributed by atoms with E-state index < -0.39 is 76.8 Å². The van der Waals surface area contributed by atoms with E-state index >= 15 is 0 Å². The number of hydrogen-bond acceptors (Lipinski definition) is 11. The van der Waals surface area contributed by atoms with E-state index in [9.17, 15) is 40.2 Å². The number of ether oxygens (including phenoxy) is 3. The Bertz CT molecular complexity index is 1080. The molecule has 2 aliphatic heterocycles. The van der Waals surface area contributed by atoms with Gasteiger partial charge in [-0.3, -0.25) is 0 Å². The number of hydrogen-bond donors (Lipinski definition) is 6. The van der Waals surface area contributed by atoms with Gasteiger partial charge in [-0.05, 0) is 75.2 Å². The number of aliphatic hydroxyl groups is 6. The van der Waals surface area contributed by atoms with Crippen LogP contribution >= 0.6 is 0 Å². The van der Waals surface area contributed by atoms with Crippen molar-refractivity contribution in [3.05, 3.63) is 11.6 Å². The molecule has 4 saturated carbocycles. The van der Waals surface area contributed by atoms with E-state index in [4.69, 9.17) is 14.2 Å². The predicted molar refractivity (Wildman–Crippen MR) is 136 cm³/mol. The molecule has 4 aliphatic carbocycles. The largest absolute Gasteiger partial charge is 0.458 e. The molecule has 11 nitrogen and oxygen atoms in total. The van der Waals surface area contributed by atoms with Crippen LogP contribution in [-0.4, -0.2) is 104 Å². The summed E-state index contributed by atoms with van der Waals surface area (Å²) in [5, 5.41) is 66.7. The zero-order valence-electron chi connectivity index (χ0n) is 23.0. The van der Waals surface area contributed by atoms with Gasteiger partial charge in [-0.2, -0.15) is 0 Å². The normalized spacial score (nSPS) is 56.0. The molecule has 0 spiro atoms. The number of cyclic esters (lactones) is 1. The van der Waals surface area contributed by atoms with Crippen LogP contribution in [0.5, 0.6) is 0 Å². The topological polar surface area (TPSA) is 183 Å². The molecule has 224 valence electrons. The molecule has 0 amide bonds. The summed E-state index contributed by atoms with van der Waals surface area (Å²) in [6, 6.07) is 0. The summed E-state index contributed by atoms with van der Waals surface area (Å²) in [6.45, 7) is 3.61. The smallest absolute Gasteiger partial charge is 0.331 e. The molecule has 0 aromatic rings. The third-order valence-corrected chi connectivity index (χ3v) is 12.1. The fourth-order valence-electron chi connectivity index (χ4n) is 9.74. The van der Waals surface area contributed by atoms with Crippen LogP contribution in [0, 0.1) is 28.6 Å². The third kappa shape index (κ3) is 3.71. The first-order valence-corrected chi connectivity index (χ1v) is 14.6. The Morgan fingerprint density at radius 2 is 1.75 bits per heavy atom. The van der Waals surface area contributed by atoms with Crippen molar-refractivity contribution in [2.45, 2.75) is 119 Å². The van der Waals surface area contributed by atoms with Crippen molar-refractivity contribution < 1.29 is 54.4 Å². The lowest BCUT2D eigenvalue weighted by Gasteiger charge is -2.66. The SMILES string of the molecule is C[C@H]1O[C@@H](OC2CC[C@]3(C=O)C4C[C@@H](O)[C@]5(C)[C@@H](C6=CC(=O)OC6)CC[C@]5(O)C4CC[C@]3(O)C2)[C@H](O)[C@H](O)[C@@H]1O. The van der Waals surface area contributed by atoms with Crippen LogP contribution in [-0.2, 0) is 23.8 Å². The monoisotopic (exact) mass is 566 g/mol. The molecular weight excluding hydrogens is 524 g/mol. The van der Waals surface area contributed by atoms with Crippen molar-refractivity contribution >= 4 is 12.3 Å². The third-order valence-electron chi connectivity index (χ3n) is 12.1. The number of rotatable bonds is 4. The summed E-state index contributed by atoms with van der Waals surface area (Å²) in [6.07, 6.45) is -2.70. The first kappa shape index (κ1) is 28.7. The maximum absolute atomic E-state index is 13.0. The molecule has 3 unspecified atom stereocenters. The molecule has 40 heavy (non-hydrogen) atoms. The van der Waals surface area contributed by atoms with Crippen LogP contribution in [0.25, 0.3) is 0 Å². The highest BCUT2D eigenvalue weighted by atomic mass is 16.7. The van der Waals surface area contributed by atoms with Crippen LogP contribution in [0.15, 0.2) is 11.6 Å². The Hall–Kier alpha value is -1.44. The second kappa shape index (κ2) is 9.54. The molecule has 0 aromatic carbocycles. The van der Waals surface area contributed by atoms with Gasteiger partial charge in [0.25, 0.3) is 0 Å². The molecule has 2 heterocycles. The second-order valence-electron chi connectivity index (χ2n) is 13.5. The molecule has 0 bridgehead atoms.